The first-order valence-electron chi connectivity index (χ1n) is 14.9. The smallest absolute Gasteiger partial charge is 0.255 e. The quantitative estimate of drug-likeness (QED) is 0.263. The number of H-pyrrole nitrogens is 1. The van der Waals surface area contributed by atoms with Crippen LogP contribution in [-0.2, 0) is 4.74 Å². The Balaban J connectivity index is 1.07. The topological polar surface area (TPSA) is 129 Å². The lowest BCUT2D eigenvalue weighted by atomic mass is 9.93. The highest BCUT2D eigenvalue weighted by Gasteiger charge is 2.24. The summed E-state index contributed by atoms with van der Waals surface area (Å²) in [6, 6.07) is 8.16. The van der Waals surface area contributed by atoms with Crippen LogP contribution in [-0.4, -0.2) is 92.8 Å². The van der Waals surface area contributed by atoms with Crippen molar-refractivity contribution in [2.75, 3.05) is 50.6 Å². The molecule has 12 heteroatoms. The van der Waals surface area contributed by atoms with Crippen LogP contribution in [0.2, 0.25) is 0 Å². The molecule has 0 bridgehead atoms. The van der Waals surface area contributed by atoms with Crippen LogP contribution in [0.25, 0.3) is 27.7 Å². The summed E-state index contributed by atoms with van der Waals surface area (Å²) in [5.41, 5.74) is 4.75. The third-order valence-corrected chi connectivity index (χ3v) is 8.68. The molecule has 222 valence electrons. The summed E-state index contributed by atoms with van der Waals surface area (Å²) in [6.45, 7) is 4.03. The number of hydrogen-bond donors (Lipinski definition) is 3. The number of carbonyl (C=O) groups is 1. The lowest BCUT2D eigenvalue weighted by molar-refractivity contribution is 0.0599. The summed E-state index contributed by atoms with van der Waals surface area (Å²) in [5.74, 6) is 1.37. The third kappa shape index (κ3) is 5.63. The zero-order valence-corrected chi connectivity index (χ0v) is 24.5. The van der Waals surface area contributed by atoms with Crippen molar-refractivity contribution in [1.82, 2.24) is 39.8 Å². The fourth-order valence-electron chi connectivity index (χ4n) is 6.05. The number of hydrogen-bond acceptors (Lipinski definition) is 9. The van der Waals surface area contributed by atoms with Gasteiger partial charge in [-0.25, -0.2) is 14.5 Å². The highest BCUT2D eigenvalue weighted by molar-refractivity contribution is 6.02. The van der Waals surface area contributed by atoms with Crippen LogP contribution in [0.1, 0.15) is 36.0 Å². The van der Waals surface area contributed by atoms with Crippen molar-refractivity contribution >= 4 is 39.9 Å². The Bertz CT molecular complexity index is 1730. The van der Waals surface area contributed by atoms with Gasteiger partial charge in [0.15, 0.2) is 0 Å². The Morgan fingerprint density at radius 3 is 2.63 bits per heavy atom. The number of nitrogens with zero attached hydrogens (tertiary/aromatic N) is 7. The Labute approximate surface area is 249 Å². The molecule has 0 aromatic carbocycles. The van der Waals surface area contributed by atoms with Gasteiger partial charge in [0.05, 0.1) is 35.3 Å². The molecule has 0 radical (unpaired) electrons. The molecule has 0 unspecified atom stereocenters. The van der Waals surface area contributed by atoms with Gasteiger partial charge in [-0.15, -0.1) is 0 Å². The SMILES string of the molecule is COC1CCC(NC(=O)c2cnn3ccc(-c4c[nH]c5nc(Nc6ccc(N7CCN(C)CC7)nc6)ncc45)cc23)CC1. The van der Waals surface area contributed by atoms with E-state index in [0.29, 0.717) is 17.2 Å². The molecule has 2 aliphatic rings. The minimum atomic E-state index is -0.1000. The number of pyridine rings is 2. The van der Waals surface area contributed by atoms with Crippen LogP contribution in [0.5, 0.6) is 0 Å². The minimum Gasteiger partial charge on any atom is -0.381 e. The summed E-state index contributed by atoms with van der Waals surface area (Å²) in [4.78, 5) is 35.1. The van der Waals surface area contributed by atoms with E-state index in [-0.39, 0.29) is 18.1 Å². The minimum absolute atomic E-state index is 0.1000. The van der Waals surface area contributed by atoms with E-state index >= 15 is 0 Å². The van der Waals surface area contributed by atoms with Crippen LogP contribution in [0.15, 0.2) is 55.2 Å². The fourth-order valence-corrected chi connectivity index (χ4v) is 6.05. The number of carbonyl (C=O) groups excluding carboxylic acids is 1. The predicted octanol–water partition coefficient (Wildman–Crippen LogP) is 3.85. The van der Waals surface area contributed by atoms with Crippen molar-refractivity contribution in [3.05, 3.63) is 60.8 Å². The molecular formula is C31H36N10O2. The number of aromatic nitrogens is 6. The second kappa shape index (κ2) is 11.6. The number of fused-ring (bicyclic) bond motifs is 2. The van der Waals surface area contributed by atoms with E-state index in [1.54, 1.807) is 17.8 Å². The highest BCUT2D eigenvalue weighted by atomic mass is 16.5. The molecule has 1 amide bonds. The molecule has 2 fully saturated rings. The summed E-state index contributed by atoms with van der Waals surface area (Å²) in [7, 11) is 3.90. The summed E-state index contributed by atoms with van der Waals surface area (Å²) in [5, 5.41) is 11.8. The molecule has 0 atom stereocenters. The number of piperazine rings is 1. The molecule has 1 aliphatic carbocycles. The van der Waals surface area contributed by atoms with E-state index in [4.69, 9.17) is 9.72 Å². The summed E-state index contributed by atoms with van der Waals surface area (Å²) >= 11 is 0. The first-order chi connectivity index (χ1) is 21.0. The number of rotatable bonds is 7. The van der Waals surface area contributed by atoms with Gasteiger partial charge in [0.1, 0.15) is 11.5 Å². The standard InChI is InChI=1S/C31H36N10O2/c1-39-11-13-40(14-12-39)28-8-5-22(16-32-28)37-31-34-18-25-24(17-33-29(25)38-31)20-9-10-41-27(15-20)26(19-35-41)30(42)36-21-3-6-23(43-2)7-4-21/h5,8-10,15-19,21,23H,3-4,6-7,11-14H2,1-2H3,(H,36,42)(H2,33,34,37,38). The maximum atomic E-state index is 13.2. The van der Waals surface area contributed by atoms with Gasteiger partial charge in [-0.2, -0.15) is 10.1 Å². The Hall–Kier alpha value is -4.55. The van der Waals surface area contributed by atoms with Gasteiger partial charge in [0, 0.05) is 68.9 Å². The van der Waals surface area contributed by atoms with Crippen molar-refractivity contribution in [3.63, 3.8) is 0 Å². The maximum absolute atomic E-state index is 13.2. The summed E-state index contributed by atoms with van der Waals surface area (Å²) < 4.78 is 7.20. The molecule has 1 saturated carbocycles. The van der Waals surface area contributed by atoms with Gasteiger partial charge in [-0.05, 0) is 62.6 Å². The van der Waals surface area contributed by atoms with Gasteiger partial charge >= 0.3 is 0 Å². The fraction of sp³-hybridized carbons (Fsp3) is 0.387. The van der Waals surface area contributed by atoms with E-state index in [2.05, 4.69) is 47.5 Å². The van der Waals surface area contributed by atoms with Crippen LogP contribution in [0, 0.1) is 0 Å². The molecule has 5 aromatic heterocycles. The van der Waals surface area contributed by atoms with Crippen molar-refractivity contribution in [2.45, 2.75) is 37.8 Å². The molecule has 1 saturated heterocycles. The van der Waals surface area contributed by atoms with Crippen molar-refractivity contribution < 1.29 is 9.53 Å². The lowest BCUT2D eigenvalue weighted by Gasteiger charge is -2.33. The second-order valence-corrected chi connectivity index (χ2v) is 11.5. The van der Waals surface area contributed by atoms with E-state index in [9.17, 15) is 4.79 Å². The van der Waals surface area contributed by atoms with Crippen molar-refractivity contribution in [2.24, 2.45) is 0 Å². The first kappa shape index (κ1) is 27.3. The third-order valence-electron chi connectivity index (χ3n) is 8.68. The molecule has 1 aliphatic heterocycles. The maximum Gasteiger partial charge on any atom is 0.255 e. The van der Waals surface area contributed by atoms with Crippen LogP contribution < -0.4 is 15.5 Å². The van der Waals surface area contributed by atoms with Crippen LogP contribution in [0.4, 0.5) is 17.5 Å². The number of likely N-dealkylation sites (N-methyl/N-ethyl adjacent to an activating group) is 1. The predicted molar refractivity (Wildman–Crippen MR) is 166 cm³/mol. The molecule has 43 heavy (non-hydrogen) atoms. The lowest BCUT2D eigenvalue weighted by Crippen LogP contribution is -2.44. The monoisotopic (exact) mass is 580 g/mol. The zero-order chi connectivity index (χ0) is 29.3. The Kier molecular flexibility index (Phi) is 7.37. The average Bonchev–Trinajstić information content (AvgIpc) is 3.66. The van der Waals surface area contributed by atoms with Gasteiger partial charge in [0.2, 0.25) is 5.95 Å². The molecular weight excluding hydrogens is 544 g/mol. The van der Waals surface area contributed by atoms with Crippen molar-refractivity contribution in [3.8, 4) is 11.1 Å². The average molecular weight is 581 g/mol. The summed E-state index contributed by atoms with van der Waals surface area (Å²) in [6.07, 6.45) is 13.1. The number of amides is 1. The number of nitrogens with one attached hydrogen (secondary N) is 3. The second-order valence-electron chi connectivity index (χ2n) is 11.5. The largest absolute Gasteiger partial charge is 0.381 e. The molecule has 6 heterocycles. The number of aromatic amines is 1. The normalized spacial score (nSPS) is 19.6. The Morgan fingerprint density at radius 1 is 1.02 bits per heavy atom. The van der Waals surface area contributed by atoms with E-state index in [1.807, 2.05) is 49.1 Å². The number of methoxy groups -OCH3 is 1. The molecule has 0 spiro atoms. The molecule has 3 N–H and O–H groups in total. The van der Waals surface area contributed by atoms with E-state index < -0.39 is 0 Å². The van der Waals surface area contributed by atoms with E-state index in [0.717, 1.165) is 85.4 Å². The number of anilines is 3. The van der Waals surface area contributed by atoms with Gasteiger partial charge in [-0.1, -0.05) is 0 Å². The van der Waals surface area contributed by atoms with Gasteiger partial charge in [0.25, 0.3) is 5.91 Å². The van der Waals surface area contributed by atoms with Crippen LogP contribution >= 0.6 is 0 Å². The first-order valence-corrected chi connectivity index (χ1v) is 14.9. The highest BCUT2D eigenvalue weighted by Crippen LogP contribution is 2.30. The zero-order valence-electron chi connectivity index (χ0n) is 24.5. The van der Waals surface area contributed by atoms with Crippen LogP contribution in [0.3, 0.4) is 0 Å². The van der Waals surface area contributed by atoms with Crippen molar-refractivity contribution in [1.29, 1.82) is 0 Å². The van der Waals surface area contributed by atoms with Gasteiger partial charge in [-0.3, -0.25) is 4.79 Å². The Morgan fingerprint density at radius 2 is 1.86 bits per heavy atom. The number of ether oxygens (including phenoxy) is 1. The molecule has 5 aromatic rings. The molecule has 12 nitrogen and oxygen atoms in total. The van der Waals surface area contributed by atoms with Gasteiger partial charge < -0.3 is 30.2 Å². The molecule has 7 rings (SSSR count). The van der Waals surface area contributed by atoms with E-state index in [1.165, 1.54) is 0 Å².